The maximum absolute atomic E-state index is 12.4. The number of hydrogen-bond donors (Lipinski definition) is 2. The third-order valence-corrected chi connectivity index (χ3v) is 4.29. The third-order valence-electron chi connectivity index (χ3n) is 3.60. The van der Waals surface area contributed by atoms with Crippen LogP contribution in [0.15, 0.2) is 22.7 Å². The molecule has 0 spiro atoms. The van der Waals surface area contributed by atoms with Gasteiger partial charge in [-0.05, 0) is 53.4 Å². The van der Waals surface area contributed by atoms with E-state index in [4.69, 9.17) is 5.73 Å². The average molecular weight is 313 g/mol. The lowest BCUT2D eigenvalue weighted by molar-refractivity contribution is -0.125. The summed E-state index contributed by atoms with van der Waals surface area (Å²) in [4.78, 5) is 12.4. The molecule has 1 rings (SSSR count). The van der Waals surface area contributed by atoms with Crippen molar-refractivity contribution in [3.05, 3.63) is 28.2 Å². The van der Waals surface area contributed by atoms with Crippen molar-refractivity contribution in [2.75, 3.05) is 11.9 Å². The molecule has 0 heterocycles. The molecule has 0 aliphatic heterocycles. The summed E-state index contributed by atoms with van der Waals surface area (Å²) >= 11 is 3.45. The molecule has 0 saturated heterocycles. The second-order valence-corrected chi connectivity index (χ2v) is 5.48. The zero-order chi connectivity index (χ0) is 13.8. The summed E-state index contributed by atoms with van der Waals surface area (Å²) in [7, 11) is 0. The maximum atomic E-state index is 12.4. The predicted molar refractivity (Wildman–Crippen MR) is 79.6 cm³/mol. The monoisotopic (exact) mass is 312 g/mol. The van der Waals surface area contributed by atoms with E-state index in [1.807, 2.05) is 39.0 Å². The number of nitrogens with two attached hydrogens (primary N) is 1. The fourth-order valence-electron chi connectivity index (χ4n) is 1.94. The Morgan fingerprint density at radius 2 is 2.00 bits per heavy atom. The van der Waals surface area contributed by atoms with E-state index in [2.05, 4.69) is 21.2 Å². The van der Waals surface area contributed by atoms with E-state index in [-0.39, 0.29) is 5.91 Å². The molecule has 3 nitrogen and oxygen atoms in total. The van der Waals surface area contributed by atoms with Gasteiger partial charge in [0.1, 0.15) is 0 Å². The van der Waals surface area contributed by atoms with Gasteiger partial charge in [-0.3, -0.25) is 4.79 Å². The predicted octanol–water partition coefficient (Wildman–Crippen LogP) is 3.46. The SMILES string of the molecule is CCC(CC)(CN)C(=O)Nc1cc(C)ccc1Br. The van der Waals surface area contributed by atoms with Gasteiger partial charge in [0.2, 0.25) is 5.91 Å². The van der Waals surface area contributed by atoms with E-state index in [9.17, 15) is 4.79 Å². The summed E-state index contributed by atoms with van der Waals surface area (Å²) in [5.74, 6) is 0.00120. The van der Waals surface area contributed by atoms with Gasteiger partial charge in [0.05, 0.1) is 11.1 Å². The molecule has 0 radical (unpaired) electrons. The zero-order valence-corrected chi connectivity index (χ0v) is 12.8. The van der Waals surface area contributed by atoms with Crippen LogP contribution < -0.4 is 11.1 Å². The summed E-state index contributed by atoms with van der Waals surface area (Å²) in [5.41, 5.74) is 7.23. The van der Waals surface area contributed by atoms with Crippen LogP contribution in [0.25, 0.3) is 0 Å². The highest BCUT2D eigenvalue weighted by Gasteiger charge is 2.33. The molecular formula is C14H21BrN2O. The lowest BCUT2D eigenvalue weighted by Crippen LogP contribution is -2.41. The molecule has 0 fully saturated rings. The average Bonchev–Trinajstić information content (AvgIpc) is 2.37. The number of rotatable bonds is 5. The zero-order valence-electron chi connectivity index (χ0n) is 11.2. The first-order chi connectivity index (χ1) is 8.49. The van der Waals surface area contributed by atoms with Crippen LogP contribution in [0.2, 0.25) is 0 Å². The number of halogens is 1. The molecule has 0 atom stereocenters. The number of carbonyl (C=O) groups excluding carboxylic acids is 1. The Balaban J connectivity index is 2.96. The molecule has 1 aromatic carbocycles. The first-order valence-corrected chi connectivity index (χ1v) is 7.06. The quantitative estimate of drug-likeness (QED) is 0.874. The van der Waals surface area contributed by atoms with Crippen LogP contribution in [0.1, 0.15) is 32.3 Å². The van der Waals surface area contributed by atoms with Gasteiger partial charge in [-0.1, -0.05) is 19.9 Å². The normalized spacial score (nSPS) is 11.4. The van der Waals surface area contributed by atoms with Crippen molar-refractivity contribution in [3.8, 4) is 0 Å². The Kier molecular flexibility index (Phi) is 5.35. The summed E-state index contributed by atoms with van der Waals surface area (Å²) in [6.07, 6.45) is 1.49. The largest absolute Gasteiger partial charge is 0.329 e. The van der Waals surface area contributed by atoms with Gasteiger partial charge in [-0.2, -0.15) is 0 Å². The van der Waals surface area contributed by atoms with Crippen LogP contribution in [0.5, 0.6) is 0 Å². The van der Waals surface area contributed by atoms with E-state index >= 15 is 0 Å². The fraction of sp³-hybridized carbons (Fsp3) is 0.500. The lowest BCUT2D eigenvalue weighted by atomic mass is 9.81. The van der Waals surface area contributed by atoms with Gasteiger partial charge in [-0.15, -0.1) is 0 Å². The molecule has 4 heteroatoms. The van der Waals surface area contributed by atoms with Gasteiger partial charge < -0.3 is 11.1 Å². The molecule has 1 aromatic rings. The van der Waals surface area contributed by atoms with Crippen LogP contribution in [-0.2, 0) is 4.79 Å². The molecule has 18 heavy (non-hydrogen) atoms. The second-order valence-electron chi connectivity index (χ2n) is 4.63. The van der Waals surface area contributed by atoms with Crippen molar-refractivity contribution in [3.63, 3.8) is 0 Å². The topological polar surface area (TPSA) is 55.1 Å². The molecule has 1 amide bonds. The number of hydrogen-bond acceptors (Lipinski definition) is 2. The van der Waals surface area contributed by atoms with Crippen molar-refractivity contribution in [1.82, 2.24) is 0 Å². The molecule has 0 saturated carbocycles. The standard InChI is InChI=1S/C14H21BrN2O/c1-4-14(5-2,9-16)13(18)17-12-8-10(3)6-7-11(12)15/h6-8H,4-5,9,16H2,1-3H3,(H,17,18). The molecule has 0 aliphatic rings. The molecule has 0 bridgehead atoms. The van der Waals surface area contributed by atoms with E-state index in [0.29, 0.717) is 6.54 Å². The van der Waals surface area contributed by atoms with Crippen LogP contribution in [-0.4, -0.2) is 12.5 Å². The fourth-order valence-corrected chi connectivity index (χ4v) is 2.29. The Bertz CT molecular complexity index is 420. The Hall–Kier alpha value is -0.870. The highest BCUT2D eigenvalue weighted by Crippen LogP contribution is 2.29. The van der Waals surface area contributed by atoms with Crippen LogP contribution in [0.4, 0.5) is 5.69 Å². The number of nitrogens with one attached hydrogen (secondary N) is 1. The van der Waals surface area contributed by atoms with Crippen molar-refractivity contribution in [1.29, 1.82) is 0 Å². The van der Waals surface area contributed by atoms with E-state index < -0.39 is 5.41 Å². The molecule has 0 unspecified atom stereocenters. The highest BCUT2D eigenvalue weighted by molar-refractivity contribution is 9.10. The van der Waals surface area contributed by atoms with E-state index in [1.54, 1.807) is 0 Å². The number of benzene rings is 1. The molecule has 0 aliphatic carbocycles. The van der Waals surface area contributed by atoms with Crippen LogP contribution in [0, 0.1) is 12.3 Å². The first kappa shape index (κ1) is 15.2. The van der Waals surface area contributed by atoms with Gasteiger partial charge in [0.25, 0.3) is 0 Å². The Morgan fingerprint density at radius 1 is 1.39 bits per heavy atom. The molecule has 3 N–H and O–H groups in total. The minimum atomic E-state index is -0.469. The minimum absolute atomic E-state index is 0.00120. The second kappa shape index (κ2) is 6.34. The van der Waals surface area contributed by atoms with Gasteiger partial charge in [0, 0.05) is 11.0 Å². The van der Waals surface area contributed by atoms with Crippen molar-refractivity contribution in [2.24, 2.45) is 11.1 Å². The maximum Gasteiger partial charge on any atom is 0.231 e. The van der Waals surface area contributed by atoms with Crippen molar-refractivity contribution in [2.45, 2.75) is 33.6 Å². The molecular weight excluding hydrogens is 292 g/mol. The summed E-state index contributed by atoms with van der Waals surface area (Å²) in [5, 5.41) is 2.98. The summed E-state index contributed by atoms with van der Waals surface area (Å²) in [6, 6.07) is 5.89. The van der Waals surface area contributed by atoms with Crippen molar-refractivity contribution >= 4 is 27.5 Å². The van der Waals surface area contributed by atoms with Crippen molar-refractivity contribution < 1.29 is 4.79 Å². The number of amides is 1. The Morgan fingerprint density at radius 3 is 2.50 bits per heavy atom. The Labute approximate surface area is 117 Å². The van der Waals surface area contributed by atoms with Gasteiger partial charge in [-0.25, -0.2) is 0 Å². The lowest BCUT2D eigenvalue weighted by Gasteiger charge is -2.28. The van der Waals surface area contributed by atoms with Gasteiger partial charge in [0.15, 0.2) is 0 Å². The number of aryl methyl sites for hydroxylation is 1. The number of anilines is 1. The third kappa shape index (κ3) is 3.12. The van der Waals surface area contributed by atoms with E-state index in [1.165, 1.54) is 0 Å². The molecule has 100 valence electrons. The summed E-state index contributed by atoms with van der Waals surface area (Å²) < 4.78 is 0.888. The van der Waals surface area contributed by atoms with Crippen LogP contribution >= 0.6 is 15.9 Å². The van der Waals surface area contributed by atoms with Gasteiger partial charge >= 0.3 is 0 Å². The van der Waals surface area contributed by atoms with E-state index in [0.717, 1.165) is 28.6 Å². The number of carbonyl (C=O) groups is 1. The highest BCUT2D eigenvalue weighted by atomic mass is 79.9. The van der Waals surface area contributed by atoms with Crippen LogP contribution in [0.3, 0.4) is 0 Å². The smallest absolute Gasteiger partial charge is 0.231 e. The minimum Gasteiger partial charge on any atom is -0.329 e. The first-order valence-electron chi connectivity index (χ1n) is 6.26. The molecule has 0 aromatic heterocycles. The summed E-state index contributed by atoms with van der Waals surface area (Å²) in [6.45, 7) is 6.37.